The van der Waals surface area contributed by atoms with Gasteiger partial charge in [-0.3, -0.25) is 14.9 Å². The molecule has 0 atom stereocenters. The molecular weight excluding hydrogens is 421 g/mol. The van der Waals surface area contributed by atoms with Crippen LogP contribution in [0.2, 0.25) is 0 Å². The van der Waals surface area contributed by atoms with E-state index in [9.17, 15) is 28.1 Å². The molecule has 7 nitrogen and oxygen atoms in total. The molecule has 30 heavy (non-hydrogen) atoms. The highest BCUT2D eigenvalue weighted by Gasteiger charge is 2.34. The van der Waals surface area contributed by atoms with Gasteiger partial charge in [-0.05, 0) is 37.9 Å². The van der Waals surface area contributed by atoms with Gasteiger partial charge in [-0.15, -0.1) is 0 Å². The second kappa shape index (κ2) is 8.84. The Hall–Kier alpha value is -2.27. The lowest BCUT2D eigenvalue weighted by Gasteiger charge is -2.34. The molecule has 0 N–H and O–H groups in total. The molecule has 0 bridgehead atoms. The van der Waals surface area contributed by atoms with E-state index in [4.69, 9.17) is 0 Å². The molecule has 164 valence electrons. The van der Waals surface area contributed by atoms with E-state index < -0.39 is 27.9 Å². The van der Waals surface area contributed by atoms with Gasteiger partial charge >= 0.3 is 6.18 Å². The van der Waals surface area contributed by atoms with Gasteiger partial charge in [0.25, 0.3) is 11.2 Å². The van der Waals surface area contributed by atoms with Gasteiger partial charge in [0, 0.05) is 25.7 Å². The van der Waals surface area contributed by atoms with E-state index in [0.29, 0.717) is 36.3 Å². The number of nitrogens with zero attached hydrogens (tertiary/aromatic N) is 4. The maximum absolute atomic E-state index is 13.1. The van der Waals surface area contributed by atoms with Crippen molar-refractivity contribution >= 4 is 32.2 Å². The molecule has 2 heterocycles. The number of non-ortho nitro benzene ring substituents is 1. The Labute approximate surface area is 175 Å². The fraction of sp³-hybridized carbons (Fsp3) is 0.579. The van der Waals surface area contributed by atoms with Crippen molar-refractivity contribution in [3.05, 3.63) is 38.2 Å². The third-order valence-corrected chi connectivity index (χ3v) is 6.68. The number of nitro benzene ring substituents is 1. The molecule has 2 aromatic rings. The van der Waals surface area contributed by atoms with Crippen LogP contribution in [0.15, 0.2) is 16.9 Å². The molecule has 0 radical (unpaired) electrons. The van der Waals surface area contributed by atoms with Gasteiger partial charge in [0.2, 0.25) is 0 Å². The van der Waals surface area contributed by atoms with Crippen LogP contribution in [0.1, 0.15) is 32.3 Å². The number of hydrogen-bond donors (Lipinski definition) is 0. The monoisotopic (exact) mass is 444 g/mol. The largest absolute Gasteiger partial charge is 0.416 e. The van der Waals surface area contributed by atoms with Crippen molar-refractivity contribution in [1.29, 1.82) is 0 Å². The summed E-state index contributed by atoms with van der Waals surface area (Å²) in [7, 11) is 0. The van der Waals surface area contributed by atoms with Crippen LogP contribution in [0.5, 0.6) is 0 Å². The first kappa shape index (κ1) is 22.4. The number of piperidine rings is 1. The van der Waals surface area contributed by atoms with E-state index in [1.54, 1.807) is 0 Å². The van der Waals surface area contributed by atoms with Crippen LogP contribution in [0, 0.1) is 16.0 Å². The number of benzene rings is 1. The van der Waals surface area contributed by atoms with Crippen molar-refractivity contribution < 1.29 is 18.1 Å². The summed E-state index contributed by atoms with van der Waals surface area (Å²) in [5, 5.41) is 11.3. The summed E-state index contributed by atoms with van der Waals surface area (Å²) in [6.45, 7) is 8.48. The predicted molar refractivity (Wildman–Crippen MR) is 110 cm³/mol. The zero-order valence-corrected chi connectivity index (χ0v) is 17.6. The van der Waals surface area contributed by atoms with Crippen molar-refractivity contribution in [2.24, 2.45) is 5.92 Å². The summed E-state index contributed by atoms with van der Waals surface area (Å²) in [6, 6.07) is 1.13. The van der Waals surface area contributed by atoms with Crippen LogP contribution in [0.3, 0.4) is 0 Å². The summed E-state index contributed by atoms with van der Waals surface area (Å²) in [6.07, 6.45) is -3.00. The highest BCUT2D eigenvalue weighted by atomic mass is 32.1. The van der Waals surface area contributed by atoms with E-state index in [0.717, 1.165) is 43.8 Å². The first-order valence-corrected chi connectivity index (χ1v) is 10.6. The van der Waals surface area contributed by atoms with Crippen LogP contribution in [0.4, 0.5) is 24.0 Å². The number of rotatable bonds is 6. The van der Waals surface area contributed by atoms with Gasteiger partial charge in [-0.2, -0.15) is 18.2 Å². The second-order valence-electron chi connectivity index (χ2n) is 7.34. The minimum Gasteiger partial charge on any atom is -0.348 e. The van der Waals surface area contributed by atoms with Crippen molar-refractivity contribution in [2.75, 3.05) is 37.6 Å². The second-order valence-corrected chi connectivity index (χ2v) is 8.32. The number of anilines is 1. The van der Waals surface area contributed by atoms with E-state index in [-0.39, 0.29) is 10.1 Å². The minimum absolute atomic E-state index is 0.0757. The first-order chi connectivity index (χ1) is 14.1. The van der Waals surface area contributed by atoms with Gasteiger partial charge in [0.15, 0.2) is 5.13 Å². The molecule has 0 unspecified atom stereocenters. The summed E-state index contributed by atoms with van der Waals surface area (Å²) in [5.41, 5.74) is -2.82. The average Bonchev–Trinajstić information content (AvgIpc) is 2.70. The van der Waals surface area contributed by atoms with Crippen LogP contribution in [-0.2, 0) is 6.18 Å². The van der Waals surface area contributed by atoms with Gasteiger partial charge in [-0.1, -0.05) is 25.2 Å². The number of aromatic nitrogens is 1. The quantitative estimate of drug-likeness (QED) is 0.492. The molecule has 1 aromatic heterocycles. The highest BCUT2D eigenvalue weighted by Crippen LogP contribution is 2.38. The number of hydrogen-bond acceptors (Lipinski definition) is 7. The molecule has 0 amide bonds. The molecule has 0 aliphatic carbocycles. The van der Waals surface area contributed by atoms with E-state index >= 15 is 0 Å². The zero-order chi connectivity index (χ0) is 22.1. The standard InChI is InChI=1S/C19H23F3N4O3S/c1-3-24(4-2)11-12-5-7-25(8-6-12)18-23-17(27)14-9-13(19(20,21)22)10-15(26(28)29)16(14)30-18/h9-10,12H,3-8,11H2,1-2H3. The highest BCUT2D eigenvalue weighted by molar-refractivity contribution is 7.22. The molecule has 11 heteroatoms. The summed E-state index contributed by atoms with van der Waals surface area (Å²) in [5.74, 6) is 0.516. The Kier molecular flexibility index (Phi) is 6.61. The average molecular weight is 444 g/mol. The summed E-state index contributed by atoms with van der Waals surface area (Å²) < 4.78 is 39.2. The SMILES string of the molecule is CCN(CC)CC1CCN(c2nc(=O)c3cc(C(F)(F)F)cc([N+](=O)[O-])c3s2)CC1. The lowest BCUT2D eigenvalue weighted by atomic mass is 9.96. The van der Waals surface area contributed by atoms with Crippen molar-refractivity contribution in [3.63, 3.8) is 0 Å². The van der Waals surface area contributed by atoms with Gasteiger partial charge < -0.3 is 9.80 Å². The number of halogens is 3. The molecule has 1 fully saturated rings. The van der Waals surface area contributed by atoms with E-state index in [1.807, 2.05) is 4.90 Å². The van der Waals surface area contributed by atoms with Gasteiger partial charge in [-0.25, -0.2) is 0 Å². The molecule has 1 saturated heterocycles. The topological polar surface area (TPSA) is 79.6 Å². The van der Waals surface area contributed by atoms with Crippen LogP contribution in [0.25, 0.3) is 10.1 Å². The van der Waals surface area contributed by atoms with Crippen LogP contribution in [-0.4, -0.2) is 47.5 Å². The molecular formula is C19H23F3N4O3S. The van der Waals surface area contributed by atoms with E-state index in [1.165, 1.54) is 0 Å². The Balaban J connectivity index is 1.91. The zero-order valence-electron chi connectivity index (χ0n) is 16.7. The minimum atomic E-state index is -4.79. The van der Waals surface area contributed by atoms with Crippen LogP contribution >= 0.6 is 11.3 Å². The molecule has 0 spiro atoms. The fourth-order valence-corrected chi connectivity index (χ4v) is 4.85. The maximum Gasteiger partial charge on any atom is 0.416 e. The Morgan fingerprint density at radius 1 is 1.27 bits per heavy atom. The fourth-order valence-electron chi connectivity index (χ4n) is 3.73. The maximum atomic E-state index is 13.1. The first-order valence-electron chi connectivity index (χ1n) is 9.81. The van der Waals surface area contributed by atoms with Gasteiger partial charge in [0.1, 0.15) is 4.70 Å². The van der Waals surface area contributed by atoms with E-state index in [2.05, 4.69) is 23.7 Å². The van der Waals surface area contributed by atoms with Gasteiger partial charge in [0.05, 0.1) is 15.9 Å². The number of nitro groups is 1. The third-order valence-electron chi connectivity index (χ3n) is 5.51. The number of alkyl halides is 3. The van der Waals surface area contributed by atoms with Crippen molar-refractivity contribution in [3.8, 4) is 0 Å². The summed E-state index contributed by atoms with van der Waals surface area (Å²) >= 11 is 0.901. The Morgan fingerprint density at radius 2 is 1.90 bits per heavy atom. The lowest BCUT2D eigenvalue weighted by Crippen LogP contribution is -2.39. The predicted octanol–water partition coefficient (Wildman–Crippen LogP) is 4.14. The molecule has 1 aliphatic heterocycles. The summed E-state index contributed by atoms with van der Waals surface area (Å²) in [4.78, 5) is 31.2. The lowest BCUT2D eigenvalue weighted by molar-refractivity contribution is -0.383. The normalized spacial score (nSPS) is 15.9. The van der Waals surface area contributed by atoms with Crippen LogP contribution < -0.4 is 10.5 Å². The Bertz CT molecular complexity index is 983. The Morgan fingerprint density at radius 3 is 2.43 bits per heavy atom. The molecule has 1 aliphatic rings. The smallest absolute Gasteiger partial charge is 0.348 e. The third kappa shape index (κ3) is 4.72. The number of fused-ring (bicyclic) bond motifs is 1. The van der Waals surface area contributed by atoms with Crippen molar-refractivity contribution in [1.82, 2.24) is 9.88 Å². The van der Waals surface area contributed by atoms with Crippen molar-refractivity contribution in [2.45, 2.75) is 32.9 Å². The molecule has 3 rings (SSSR count). The molecule has 1 aromatic carbocycles. The molecule has 0 saturated carbocycles.